The predicted molar refractivity (Wildman–Crippen MR) is 71.6 cm³/mol. The van der Waals surface area contributed by atoms with Crippen LogP contribution in [0.5, 0.6) is 0 Å². The maximum atomic E-state index is 5.53. The number of nitrogens with one attached hydrogen (secondary N) is 1. The number of nitrogens with zero attached hydrogens (tertiary/aromatic N) is 2. The fourth-order valence-electron chi connectivity index (χ4n) is 1.58. The number of fused-ring (bicyclic) bond motifs is 1. The smallest absolute Gasteiger partial charge is 0.227 e. The van der Waals surface area contributed by atoms with Gasteiger partial charge in [-0.05, 0) is 35.0 Å². The molecule has 3 N–H and O–H groups in total. The molecule has 0 atom stereocenters. The standard InChI is InChI=1S/C12H10N4S/c13-9-6-14-12(15-7-9)16-10-1-2-11-8(5-10)3-4-17-11/h1-7H,13H2,(H,14,15,16). The summed E-state index contributed by atoms with van der Waals surface area (Å²) in [5.74, 6) is 0.550. The lowest BCUT2D eigenvalue weighted by Gasteiger charge is -2.04. The van der Waals surface area contributed by atoms with E-state index in [1.165, 1.54) is 10.1 Å². The highest BCUT2D eigenvalue weighted by molar-refractivity contribution is 7.17. The summed E-state index contributed by atoms with van der Waals surface area (Å²) in [4.78, 5) is 8.19. The van der Waals surface area contributed by atoms with Crippen molar-refractivity contribution in [1.29, 1.82) is 0 Å². The van der Waals surface area contributed by atoms with Crippen LogP contribution in [-0.4, -0.2) is 9.97 Å². The fourth-order valence-corrected chi connectivity index (χ4v) is 2.35. The first-order chi connectivity index (χ1) is 8.31. The summed E-state index contributed by atoms with van der Waals surface area (Å²) in [6, 6.07) is 8.26. The highest BCUT2D eigenvalue weighted by Crippen LogP contribution is 2.25. The van der Waals surface area contributed by atoms with Crippen LogP contribution in [0.15, 0.2) is 42.0 Å². The van der Waals surface area contributed by atoms with Crippen LogP contribution in [0.3, 0.4) is 0 Å². The van der Waals surface area contributed by atoms with Crippen molar-refractivity contribution >= 4 is 38.7 Å². The zero-order chi connectivity index (χ0) is 11.7. The van der Waals surface area contributed by atoms with Gasteiger partial charge in [0.1, 0.15) is 0 Å². The van der Waals surface area contributed by atoms with Crippen molar-refractivity contribution in [1.82, 2.24) is 9.97 Å². The first-order valence-electron chi connectivity index (χ1n) is 5.13. The van der Waals surface area contributed by atoms with E-state index in [0.29, 0.717) is 11.6 Å². The van der Waals surface area contributed by atoms with Gasteiger partial charge in [0.25, 0.3) is 0 Å². The summed E-state index contributed by atoms with van der Waals surface area (Å²) < 4.78 is 1.27. The van der Waals surface area contributed by atoms with Crippen LogP contribution in [0.2, 0.25) is 0 Å². The minimum atomic E-state index is 0.550. The summed E-state index contributed by atoms with van der Waals surface area (Å²) in [7, 11) is 0. The molecule has 0 fully saturated rings. The Balaban J connectivity index is 1.91. The molecule has 3 rings (SSSR count). The molecule has 0 saturated heterocycles. The van der Waals surface area contributed by atoms with Crippen LogP contribution < -0.4 is 11.1 Å². The quantitative estimate of drug-likeness (QED) is 0.725. The third-order valence-corrected chi connectivity index (χ3v) is 3.28. The van der Waals surface area contributed by atoms with Crippen LogP contribution in [0.25, 0.3) is 10.1 Å². The van der Waals surface area contributed by atoms with Gasteiger partial charge < -0.3 is 11.1 Å². The Hall–Kier alpha value is -2.14. The normalized spacial score (nSPS) is 10.6. The van der Waals surface area contributed by atoms with E-state index < -0.39 is 0 Å². The fraction of sp³-hybridized carbons (Fsp3) is 0. The highest BCUT2D eigenvalue weighted by Gasteiger charge is 2.00. The molecule has 5 heteroatoms. The second-order valence-corrected chi connectivity index (χ2v) is 4.59. The average Bonchev–Trinajstić information content (AvgIpc) is 2.79. The molecule has 0 spiro atoms. The SMILES string of the molecule is Nc1cnc(Nc2ccc3sccc3c2)nc1. The molecule has 0 aliphatic rings. The number of nitrogen functional groups attached to an aromatic ring is 1. The van der Waals surface area contributed by atoms with Gasteiger partial charge in [-0.25, -0.2) is 9.97 Å². The van der Waals surface area contributed by atoms with Gasteiger partial charge in [0, 0.05) is 10.4 Å². The minimum Gasteiger partial charge on any atom is -0.396 e. The molecule has 3 aromatic rings. The van der Waals surface area contributed by atoms with Gasteiger partial charge in [0.15, 0.2) is 0 Å². The van der Waals surface area contributed by atoms with E-state index in [-0.39, 0.29) is 0 Å². The van der Waals surface area contributed by atoms with Crippen LogP contribution in [0.4, 0.5) is 17.3 Å². The Morgan fingerprint density at radius 1 is 1.12 bits per heavy atom. The Bertz CT molecular complexity index is 645. The number of aromatic nitrogens is 2. The maximum Gasteiger partial charge on any atom is 0.227 e. The second kappa shape index (κ2) is 4.03. The number of anilines is 3. The van der Waals surface area contributed by atoms with E-state index in [0.717, 1.165) is 5.69 Å². The van der Waals surface area contributed by atoms with Gasteiger partial charge in [-0.15, -0.1) is 11.3 Å². The molecular weight excluding hydrogens is 232 g/mol. The summed E-state index contributed by atoms with van der Waals surface area (Å²) in [5, 5.41) is 6.44. The van der Waals surface area contributed by atoms with Gasteiger partial charge in [-0.1, -0.05) is 0 Å². The first kappa shape index (κ1) is 10.0. The lowest BCUT2D eigenvalue weighted by Crippen LogP contribution is -1.97. The van der Waals surface area contributed by atoms with Crippen LogP contribution >= 0.6 is 11.3 Å². The first-order valence-corrected chi connectivity index (χ1v) is 6.01. The van der Waals surface area contributed by atoms with Crippen LogP contribution in [-0.2, 0) is 0 Å². The van der Waals surface area contributed by atoms with Crippen LogP contribution in [0, 0.1) is 0 Å². The summed E-state index contributed by atoms with van der Waals surface area (Å²) in [6.07, 6.45) is 3.16. The molecule has 0 amide bonds. The van der Waals surface area contributed by atoms with Gasteiger partial charge in [0.2, 0.25) is 5.95 Å². The molecule has 0 saturated carbocycles. The molecule has 0 unspecified atom stereocenters. The zero-order valence-corrected chi connectivity index (χ0v) is 9.74. The van der Waals surface area contributed by atoms with Gasteiger partial charge in [-0.2, -0.15) is 0 Å². The molecule has 17 heavy (non-hydrogen) atoms. The lowest BCUT2D eigenvalue weighted by atomic mass is 10.2. The van der Waals surface area contributed by atoms with Crippen molar-refractivity contribution in [3.05, 3.63) is 42.0 Å². The summed E-state index contributed by atoms with van der Waals surface area (Å²) in [5.41, 5.74) is 7.06. The number of thiophene rings is 1. The third kappa shape index (κ3) is 2.05. The average molecular weight is 242 g/mol. The summed E-state index contributed by atoms with van der Waals surface area (Å²) >= 11 is 1.73. The molecule has 0 aliphatic carbocycles. The molecule has 0 aliphatic heterocycles. The topological polar surface area (TPSA) is 63.8 Å². The van der Waals surface area contributed by atoms with E-state index in [1.54, 1.807) is 23.7 Å². The van der Waals surface area contributed by atoms with Crippen molar-refractivity contribution in [2.45, 2.75) is 0 Å². The van der Waals surface area contributed by atoms with Gasteiger partial charge >= 0.3 is 0 Å². The zero-order valence-electron chi connectivity index (χ0n) is 8.92. The van der Waals surface area contributed by atoms with Crippen LogP contribution in [0.1, 0.15) is 0 Å². The number of hydrogen-bond acceptors (Lipinski definition) is 5. The van der Waals surface area contributed by atoms with Crippen molar-refractivity contribution in [3.8, 4) is 0 Å². The second-order valence-electron chi connectivity index (χ2n) is 3.64. The van der Waals surface area contributed by atoms with Gasteiger partial charge in [-0.3, -0.25) is 0 Å². The third-order valence-electron chi connectivity index (χ3n) is 2.38. The van der Waals surface area contributed by atoms with Gasteiger partial charge in [0.05, 0.1) is 18.1 Å². The molecule has 1 aromatic carbocycles. The maximum absolute atomic E-state index is 5.53. The molecule has 2 heterocycles. The Kier molecular flexibility index (Phi) is 2.38. The molecule has 84 valence electrons. The van der Waals surface area contributed by atoms with E-state index >= 15 is 0 Å². The van der Waals surface area contributed by atoms with E-state index in [9.17, 15) is 0 Å². The Morgan fingerprint density at radius 2 is 1.94 bits per heavy atom. The van der Waals surface area contributed by atoms with Crippen molar-refractivity contribution in [2.75, 3.05) is 11.1 Å². The molecule has 4 nitrogen and oxygen atoms in total. The van der Waals surface area contributed by atoms with Crippen molar-refractivity contribution in [2.24, 2.45) is 0 Å². The molecular formula is C12H10N4S. The van der Waals surface area contributed by atoms with Crippen molar-refractivity contribution < 1.29 is 0 Å². The monoisotopic (exact) mass is 242 g/mol. The number of nitrogens with two attached hydrogens (primary N) is 1. The molecule has 0 bridgehead atoms. The Morgan fingerprint density at radius 3 is 2.76 bits per heavy atom. The van der Waals surface area contributed by atoms with E-state index in [2.05, 4.69) is 38.9 Å². The van der Waals surface area contributed by atoms with Crippen molar-refractivity contribution in [3.63, 3.8) is 0 Å². The number of benzene rings is 1. The number of hydrogen-bond donors (Lipinski definition) is 2. The highest BCUT2D eigenvalue weighted by atomic mass is 32.1. The lowest BCUT2D eigenvalue weighted by molar-refractivity contribution is 1.17. The van der Waals surface area contributed by atoms with E-state index in [4.69, 9.17) is 5.73 Å². The molecule has 2 aromatic heterocycles. The minimum absolute atomic E-state index is 0.550. The Labute approximate surface area is 102 Å². The largest absolute Gasteiger partial charge is 0.396 e. The summed E-state index contributed by atoms with van der Waals surface area (Å²) in [6.45, 7) is 0. The number of rotatable bonds is 2. The molecule has 0 radical (unpaired) electrons. The predicted octanol–water partition coefficient (Wildman–Crippen LogP) is 3.02. The van der Waals surface area contributed by atoms with E-state index in [1.807, 2.05) is 6.07 Å².